The van der Waals surface area contributed by atoms with Gasteiger partial charge in [-0.25, -0.2) is 0 Å². The minimum absolute atomic E-state index is 0.191. The summed E-state index contributed by atoms with van der Waals surface area (Å²) in [6.07, 6.45) is 0. The molecule has 0 aliphatic rings. The quantitative estimate of drug-likeness (QED) is 0.863. The zero-order valence-corrected chi connectivity index (χ0v) is 10.1. The summed E-state index contributed by atoms with van der Waals surface area (Å²) in [7, 11) is 0. The maximum absolute atomic E-state index is 11.9. The van der Waals surface area contributed by atoms with Crippen LogP contribution in [-0.4, -0.2) is 11.1 Å². The normalized spacial score (nSPS) is 10.3. The molecule has 1 N–H and O–H groups in total. The van der Waals surface area contributed by atoms with Crippen molar-refractivity contribution in [3.05, 3.63) is 46.6 Å². The van der Waals surface area contributed by atoms with E-state index in [-0.39, 0.29) is 5.91 Å². The highest BCUT2D eigenvalue weighted by molar-refractivity contribution is 6.03. The third-order valence-electron chi connectivity index (χ3n) is 2.63. The second-order valence-corrected chi connectivity index (χ2v) is 4.09. The fourth-order valence-electron chi connectivity index (χ4n) is 1.49. The van der Waals surface area contributed by atoms with Crippen LogP contribution in [0.3, 0.4) is 0 Å². The molecule has 0 aliphatic heterocycles. The van der Waals surface area contributed by atoms with Gasteiger partial charge in [0, 0.05) is 11.6 Å². The highest BCUT2D eigenvalue weighted by Crippen LogP contribution is 2.13. The minimum Gasteiger partial charge on any atom is -0.338 e. The molecule has 4 heteroatoms. The SMILES string of the molecule is Cc1cc(NC(=O)c2ccc(C)c(C)c2)on1. The van der Waals surface area contributed by atoms with Crippen LogP contribution >= 0.6 is 0 Å². The third kappa shape index (κ3) is 2.53. The molecule has 2 aromatic rings. The van der Waals surface area contributed by atoms with Crippen molar-refractivity contribution in [2.24, 2.45) is 0 Å². The van der Waals surface area contributed by atoms with Crippen LogP contribution in [0.25, 0.3) is 0 Å². The van der Waals surface area contributed by atoms with Gasteiger partial charge in [-0.2, -0.15) is 0 Å². The number of anilines is 1. The molecule has 0 aliphatic carbocycles. The highest BCUT2D eigenvalue weighted by Gasteiger charge is 2.09. The zero-order chi connectivity index (χ0) is 12.4. The van der Waals surface area contributed by atoms with Crippen LogP contribution in [0.4, 0.5) is 5.88 Å². The largest absolute Gasteiger partial charge is 0.338 e. The molecule has 0 saturated carbocycles. The monoisotopic (exact) mass is 230 g/mol. The van der Waals surface area contributed by atoms with E-state index in [1.165, 1.54) is 0 Å². The smallest absolute Gasteiger partial charge is 0.258 e. The number of hydrogen-bond donors (Lipinski definition) is 1. The maximum atomic E-state index is 11.9. The molecule has 0 unspecified atom stereocenters. The van der Waals surface area contributed by atoms with Crippen molar-refractivity contribution in [3.63, 3.8) is 0 Å². The van der Waals surface area contributed by atoms with Crippen LogP contribution in [0.2, 0.25) is 0 Å². The zero-order valence-electron chi connectivity index (χ0n) is 10.1. The molecule has 0 saturated heterocycles. The van der Waals surface area contributed by atoms with Gasteiger partial charge in [-0.05, 0) is 44.0 Å². The van der Waals surface area contributed by atoms with Crippen LogP contribution in [0.5, 0.6) is 0 Å². The van der Waals surface area contributed by atoms with Gasteiger partial charge in [-0.1, -0.05) is 11.2 Å². The number of rotatable bonds is 2. The van der Waals surface area contributed by atoms with Crippen LogP contribution in [-0.2, 0) is 0 Å². The summed E-state index contributed by atoms with van der Waals surface area (Å²) < 4.78 is 4.93. The fraction of sp³-hybridized carbons (Fsp3) is 0.231. The first-order valence-electron chi connectivity index (χ1n) is 5.38. The number of hydrogen-bond acceptors (Lipinski definition) is 3. The van der Waals surface area contributed by atoms with Crippen molar-refractivity contribution in [1.82, 2.24) is 5.16 Å². The first-order chi connectivity index (χ1) is 8.06. The van der Waals surface area contributed by atoms with Gasteiger partial charge < -0.3 is 4.52 Å². The Bertz CT molecular complexity index is 558. The summed E-state index contributed by atoms with van der Waals surface area (Å²) in [6, 6.07) is 7.25. The van der Waals surface area contributed by atoms with Gasteiger partial charge in [-0.15, -0.1) is 0 Å². The number of benzene rings is 1. The van der Waals surface area contributed by atoms with E-state index in [4.69, 9.17) is 4.52 Å². The second-order valence-electron chi connectivity index (χ2n) is 4.09. The van der Waals surface area contributed by atoms with Gasteiger partial charge >= 0.3 is 0 Å². The lowest BCUT2D eigenvalue weighted by Crippen LogP contribution is -2.11. The Morgan fingerprint density at radius 1 is 1.18 bits per heavy atom. The first kappa shape index (κ1) is 11.4. The van der Waals surface area contributed by atoms with E-state index in [0.29, 0.717) is 11.4 Å². The Labute approximate surface area is 99.6 Å². The Hall–Kier alpha value is -2.10. The van der Waals surface area contributed by atoms with E-state index in [2.05, 4.69) is 10.5 Å². The molecule has 17 heavy (non-hydrogen) atoms. The molecule has 1 aromatic heterocycles. The van der Waals surface area contributed by atoms with Crippen molar-refractivity contribution in [2.75, 3.05) is 5.32 Å². The lowest BCUT2D eigenvalue weighted by Gasteiger charge is -2.04. The fourth-order valence-corrected chi connectivity index (χ4v) is 1.49. The summed E-state index contributed by atoms with van der Waals surface area (Å²) in [4.78, 5) is 11.9. The lowest BCUT2D eigenvalue weighted by atomic mass is 10.1. The van der Waals surface area contributed by atoms with Gasteiger partial charge in [0.2, 0.25) is 5.88 Å². The number of carbonyl (C=O) groups excluding carboxylic acids is 1. The summed E-state index contributed by atoms with van der Waals surface area (Å²) in [6.45, 7) is 5.79. The predicted molar refractivity (Wildman–Crippen MR) is 65.1 cm³/mol. The van der Waals surface area contributed by atoms with Crippen LogP contribution < -0.4 is 5.32 Å². The van der Waals surface area contributed by atoms with Gasteiger partial charge in [0.05, 0.1) is 5.69 Å². The molecular formula is C13H14N2O2. The van der Waals surface area contributed by atoms with Crippen molar-refractivity contribution < 1.29 is 9.32 Å². The van der Waals surface area contributed by atoms with Gasteiger partial charge in [0.25, 0.3) is 5.91 Å². The molecule has 0 fully saturated rings. The molecule has 88 valence electrons. The van der Waals surface area contributed by atoms with Crippen molar-refractivity contribution >= 4 is 11.8 Å². The Kier molecular flexibility index (Phi) is 2.95. The number of nitrogens with zero attached hydrogens (tertiary/aromatic N) is 1. The highest BCUT2D eigenvalue weighted by atomic mass is 16.5. The van der Waals surface area contributed by atoms with E-state index in [1.807, 2.05) is 26.0 Å². The van der Waals surface area contributed by atoms with Crippen LogP contribution in [0.15, 0.2) is 28.8 Å². The van der Waals surface area contributed by atoms with E-state index in [1.54, 1.807) is 19.1 Å². The van der Waals surface area contributed by atoms with Gasteiger partial charge in [0.15, 0.2) is 0 Å². The molecule has 0 spiro atoms. The maximum Gasteiger partial charge on any atom is 0.258 e. The van der Waals surface area contributed by atoms with E-state index in [0.717, 1.165) is 16.8 Å². The summed E-state index contributed by atoms with van der Waals surface area (Å²) >= 11 is 0. The summed E-state index contributed by atoms with van der Waals surface area (Å²) in [5, 5.41) is 6.36. The van der Waals surface area contributed by atoms with E-state index >= 15 is 0 Å². The van der Waals surface area contributed by atoms with E-state index in [9.17, 15) is 4.79 Å². The standard InChI is InChI=1S/C13H14N2O2/c1-8-4-5-11(6-9(8)2)13(16)14-12-7-10(3)15-17-12/h4-7H,1-3H3,(H,14,16). The molecular weight excluding hydrogens is 216 g/mol. The molecule has 1 heterocycles. The van der Waals surface area contributed by atoms with Gasteiger partial charge in [-0.3, -0.25) is 10.1 Å². The number of aromatic nitrogens is 1. The number of carbonyl (C=O) groups is 1. The molecule has 1 aromatic carbocycles. The summed E-state index contributed by atoms with van der Waals surface area (Å²) in [5.74, 6) is 0.176. The topological polar surface area (TPSA) is 55.1 Å². The number of nitrogens with one attached hydrogen (secondary N) is 1. The molecule has 0 atom stereocenters. The first-order valence-corrected chi connectivity index (χ1v) is 5.38. The number of aryl methyl sites for hydroxylation is 3. The molecule has 1 amide bonds. The predicted octanol–water partition coefficient (Wildman–Crippen LogP) is 2.85. The van der Waals surface area contributed by atoms with Crippen molar-refractivity contribution in [1.29, 1.82) is 0 Å². The lowest BCUT2D eigenvalue weighted by molar-refractivity contribution is 0.102. The third-order valence-corrected chi connectivity index (χ3v) is 2.63. The molecule has 2 rings (SSSR count). The van der Waals surface area contributed by atoms with Gasteiger partial charge in [0.1, 0.15) is 0 Å². The Morgan fingerprint density at radius 3 is 2.53 bits per heavy atom. The van der Waals surface area contributed by atoms with Crippen LogP contribution in [0.1, 0.15) is 27.2 Å². The average Bonchev–Trinajstić information content (AvgIpc) is 2.68. The van der Waals surface area contributed by atoms with Crippen molar-refractivity contribution in [2.45, 2.75) is 20.8 Å². The second kappa shape index (κ2) is 4.41. The molecule has 4 nitrogen and oxygen atoms in total. The number of amides is 1. The van der Waals surface area contributed by atoms with Crippen molar-refractivity contribution in [3.8, 4) is 0 Å². The Balaban J connectivity index is 2.17. The molecule has 0 bridgehead atoms. The van der Waals surface area contributed by atoms with E-state index < -0.39 is 0 Å². The minimum atomic E-state index is -0.191. The molecule has 0 radical (unpaired) electrons. The average molecular weight is 230 g/mol. The Morgan fingerprint density at radius 2 is 1.94 bits per heavy atom. The van der Waals surface area contributed by atoms with Crippen LogP contribution in [0, 0.1) is 20.8 Å². The summed E-state index contributed by atoms with van der Waals surface area (Å²) in [5.41, 5.74) is 3.60.